The molecule has 11 heteroatoms. The van der Waals surface area contributed by atoms with Gasteiger partial charge in [0.25, 0.3) is 0 Å². The van der Waals surface area contributed by atoms with Crippen LogP contribution in [0.1, 0.15) is 178 Å². The van der Waals surface area contributed by atoms with Crippen molar-refractivity contribution >= 4 is 76.9 Å². The number of hydrogen-bond acceptors (Lipinski definition) is 6. The zero-order chi connectivity index (χ0) is 45.5. The number of allylic oxidation sites excluding steroid dienone is 3. The molecule has 0 aromatic carbocycles. The Hall–Kier alpha value is -4.61. The second kappa shape index (κ2) is 22.5. The van der Waals surface area contributed by atoms with Gasteiger partial charge in [0, 0.05) is 17.5 Å². The van der Waals surface area contributed by atoms with E-state index in [2.05, 4.69) is 34.3 Å². The van der Waals surface area contributed by atoms with Crippen molar-refractivity contribution in [2.75, 3.05) is 13.7 Å². The van der Waals surface area contributed by atoms with Crippen LogP contribution in [-0.2, 0) is 25.5 Å². The van der Waals surface area contributed by atoms with E-state index in [4.69, 9.17) is 29.7 Å². The quantitative estimate of drug-likeness (QED) is 0.0357. The van der Waals surface area contributed by atoms with Crippen LogP contribution < -0.4 is 25.7 Å². The number of methoxy groups -OCH3 is 1. The SMILES string of the molecule is C=Cc1c2[n-]c(c1C)/C=C1\[N-]/C(=C3\c4[n-]c(c(C)c4C(=O)[C@@H]3C(=O)OC)/C=c3\[n-]/c(c(C=O)c3CC)=C\2)[C@@H](CCC(=O)OC/C=C(\C)CCC[C@@H](C)CCC[C@H](C)CCCC)[C@@H]1C.[Mg+2]. The molecule has 0 unspecified atom stereocenters. The maximum Gasteiger partial charge on any atom is 2.00 e. The molecule has 1 fully saturated rings. The predicted octanol–water partition coefficient (Wildman–Crippen LogP) is 9.23. The van der Waals surface area contributed by atoms with Gasteiger partial charge in [-0.2, -0.15) is 11.4 Å². The van der Waals surface area contributed by atoms with Gasteiger partial charge in [0.15, 0.2) is 5.78 Å². The van der Waals surface area contributed by atoms with Crippen molar-refractivity contribution in [2.24, 2.45) is 29.6 Å². The summed E-state index contributed by atoms with van der Waals surface area (Å²) in [5, 5.41) is 6.25. The molecule has 8 bridgehead atoms. The van der Waals surface area contributed by atoms with Crippen LogP contribution in [-0.4, -0.2) is 60.8 Å². The number of unbranched alkanes of at least 4 members (excludes halogenated alkanes) is 1. The number of fused-ring (bicyclic) bond motifs is 7. The molecule has 2 aliphatic heterocycles. The number of aldehydes is 1. The first-order chi connectivity index (χ1) is 30.3. The minimum absolute atomic E-state index is 0. The summed E-state index contributed by atoms with van der Waals surface area (Å²) in [4.78, 5) is 68.8. The number of rotatable bonds is 20. The van der Waals surface area contributed by atoms with E-state index in [1.807, 2.05) is 45.9 Å². The standard InChI is InChI=1S/C53H67N4O6.Mg/c1-11-14-17-30(4)18-15-19-31(5)20-16-21-32(6)24-25-63-46(59)23-22-38-34(8)41-26-40-33(7)36(12-2)43(54-40)28-45-39(29-58)37(13-3)44(55-45)27-42-35(9)47-51(57-42)48(50(38)56-41)49(52(47)60)53(61)62-10;/h12,24,26-31,34,38,49H,2,11,13-23,25H2,1,3-10H3,(H-,56,57,58,60);/q-3;+2/p-1/b32-24+,41-26-,45-28-;/t30-,31+,34+,38+,49-;/m1./s1. The maximum absolute atomic E-state index is 14.3. The Kier molecular flexibility index (Phi) is 17.7. The number of Topliss-reactive ketones (excluding diaryl/α,β-unsaturated/α-hetero) is 1. The van der Waals surface area contributed by atoms with Gasteiger partial charge < -0.3 is 29.7 Å². The first kappa shape index (κ1) is 50.4. The van der Waals surface area contributed by atoms with Gasteiger partial charge in [-0.25, -0.2) is 0 Å². The van der Waals surface area contributed by atoms with E-state index in [-0.39, 0.29) is 53.9 Å². The zero-order valence-corrected chi connectivity index (χ0v) is 41.1. The monoisotopic (exact) mass is 878 g/mol. The molecule has 0 spiro atoms. The molecule has 5 heterocycles. The second-order valence-electron chi connectivity index (χ2n) is 18.1. The number of ether oxygens (including phenoxy) is 2. The van der Waals surface area contributed by atoms with E-state index in [9.17, 15) is 19.2 Å². The summed E-state index contributed by atoms with van der Waals surface area (Å²) in [6.45, 7) is 21.2. The Morgan fingerprint density at radius 2 is 1.55 bits per heavy atom. The van der Waals surface area contributed by atoms with Gasteiger partial charge >= 0.3 is 35.0 Å². The second-order valence-corrected chi connectivity index (χ2v) is 18.1. The summed E-state index contributed by atoms with van der Waals surface area (Å²) in [6.07, 6.45) is 22.3. The zero-order valence-electron chi connectivity index (χ0n) is 39.7. The molecule has 3 aromatic heterocycles. The molecule has 10 nitrogen and oxygen atoms in total. The maximum atomic E-state index is 14.3. The first-order valence-electron chi connectivity index (χ1n) is 23.2. The number of hydrogen-bond donors (Lipinski definition) is 0. The predicted molar refractivity (Wildman–Crippen MR) is 256 cm³/mol. The smallest absolute Gasteiger partial charge is 0.664 e. The average molecular weight is 879 g/mol. The summed E-state index contributed by atoms with van der Waals surface area (Å²) in [7, 11) is 1.27. The van der Waals surface area contributed by atoms with Crippen molar-refractivity contribution in [3.05, 3.63) is 102 Å². The molecular weight excluding hydrogens is 813 g/mol. The molecule has 1 aliphatic carbocycles. The average Bonchev–Trinajstić information content (AvgIpc) is 4.01. The molecule has 0 amide bonds. The van der Waals surface area contributed by atoms with E-state index < -0.39 is 17.7 Å². The fourth-order valence-electron chi connectivity index (χ4n) is 9.71. The fraction of sp³-hybridized carbons (Fsp3) is 0.509. The summed E-state index contributed by atoms with van der Waals surface area (Å²) in [5.74, 6) is -1.76. The third kappa shape index (κ3) is 10.7. The summed E-state index contributed by atoms with van der Waals surface area (Å²) >= 11 is 0. The van der Waals surface area contributed by atoms with Gasteiger partial charge in [0.05, 0.1) is 7.11 Å². The Bertz CT molecular complexity index is 2460. The summed E-state index contributed by atoms with van der Waals surface area (Å²) < 4.78 is 11.0. The number of aromatic nitrogens is 3. The van der Waals surface area contributed by atoms with Gasteiger partial charge in [-0.3, -0.25) is 19.2 Å². The van der Waals surface area contributed by atoms with Crippen molar-refractivity contribution in [3.63, 3.8) is 0 Å². The largest absolute Gasteiger partial charge is 2.00 e. The van der Waals surface area contributed by atoms with Crippen molar-refractivity contribution in [2.45, 2.75) is 132 Å². The molecule has 0 saturated carbocycles. The molecule has 3 aliphatic rings. The molecule has 338 valence electrons. The van der Waals surface area contributed by atoms with Crippen molar-refractivity contribution in [1.29, 1.82) is 0 Å². The van der Waals surface area contributed by atoms with Crippen LogP contribution in [0.5, 0.6) is 0 Å². The summed E-state index contributed by atoms with van der Waals surface area (Å²) in [5.41, 5.74) is 8.86. The van der Waals surface area contributed by atoms with Crippen LogP contribution >= 0.6 is 0 Å². The molecule has 5 atom stereocenters. The normalized spacial score (nSPS) is 21.6. The molecule has 1 saturated heterocycles. The minimum Gasteiger partial charge on any atom is -0.664 e. The van der Waals surface area contributed by atoms with Gasteiger partial charge in [0.2, 0.25) is 0 Å². The molecule has 64 heavy (non-hydrogen) atoms. The number of carbonyl (C=O) groups is 4. The topological polar surface area (TPSA) is 143 Å². The fourth-order valence-corrected chi connectivity index (χ4v) is 9.71. The Labute approximate surface area is 396 Å². The van der Waals surface area contributed by atoms with Crippen LogP contribution in [0.4, 0.5) is 0 Å². The molecular formula is C53H66MgN4O6-2. The third-order valence-electron chi connectivity index (χ3n) is 13.7. The number of esters is 2. The first-order valence-corrected chi connectivity index (χ1v) is 23.2. The van der Waals surface area contributed by atoms with Crippen molar-refractivity contribution < 1.29 is 28.7 Å². The van der Waals surface area contributed by atoms with Crippen LogP contribution in [0.25, 0.3) is 35.2 Å². The van der Waals surface area contributed by atoms with E-state index in [1.54, 1.807) is 12.2 Å². The van der Waals surface area contributed by atoms with Crippen LogP contribution in [0, 0.1) is 43.4 Å². The van der Waals surface area contributed by atoms with E-state index in [1.165, 1.54) is 57.6 Å². The Morgan fingerprint density at radius 1 is 0.875 bits per heavy atom. The van der Waals surface area contributed by atoms with Crippen molar-refractivity contribution in [3.8, 4) is 0 Å². The van der Waals surface area contributed by atoms with Gasteiger partial charge in [-0.1, -0.05) is 138 Å². The van der Waals surface area contributed by atoms with Crippen LogP contribution in [0.15, 0.2) is 29.6 Å². The van der Waals surface area contributed by atoms with Crippen LogP contribution in [0.3, 0.4) is 0 Å². The van der Waals surface area contributed by atoms with E-state index in [0.717, 1.165) is 41.7 Å². The number of carbonyl (C=O) groups excluding carboxylic acids is 4. The molecule has 0 radical (unpaired) electrons. The van der Waals surface area contributed by atoms with Crippen molar-refractivity contribution in [1.82, 2.24) is 15.0 Å². The Morgan fingerprint density at radius 3 is 2.20 bits per heavy atom. The van der Waals surface area contributed by atoms with E-state index in [0.29, 0.717) is 85.9 Å². The molecule has 6 rings (SSSR count). The van der Waals surface area contributed by atoms with Gasteiger partial charge in [-0.05, 0) is 81.8 Å². The van der Waals surface area contributed by atoms with E-state index >= 15 is 0 Å². The third-order valence-corrected chi connectivity index (χ3v) is 13.7. The minimum atomic E-state index is -1.27. The van der Waals surface area contributed by atoms with Gasteiger partial charge in [-0.15, -0.1) is 33.5 Å². The number of nitrogens with zero attached hydrogens (tertiary/aromatic N) is 4. The number of ketones is 1. The van der Waals surface area contributed by atoms with Gasteiger partial charge in [0.1, 0.15) is 18.8 Å². The summed E-state index contributed by atoms with van der Waals surface area (Å²) in [6, 6.07) is 0. The molecule has 3 aromatic rings. The Balaban J connectivity index is 0.00000771. The molecule has 0 N–H and O–H groups in total. The van der Waals surface area contributed by atoms with Crippen LogP contribution in [0.2, 0.25) is 0 Å².